The van der Waals surface area contributed by atoms with Gasteiger partial charge in [-0.05, 0) is 26.2 Å². The van der Waals surface area contributed by atoms with Gasteiger partial charge in [0.15, 0.2) is 0 Å². The maximum absolute atomic E-state index is 12.3. The summed E-state index contributed by atoms with van der Waals surface area (Å²) in [5.41, 5.74) is 10.6. The molecule has 0 saturated carbocycles. The Morgan fingerprint density at radius 1 is 0.852 bits per heavy atom. The van der Waals surface area contributed by atoms with E-state index in [1.807, 2.05) is 0 Å². The molecule has 0 saturated heterocycles. The van der Waals surface area contributed by atoms with Crippen LogP contribution in [0, 0.1) is 5.92 Å². The second kappa shape index (κ2) is 11.1. The quantitative estimate of drug-likeness (QED) is 0.232. The van der Waals surface area contributed by atoms with Crippen molar-refractivity contribution in [2.24, 2.45) is 17.4 Å². The first-order chi connectivity index (χ1) is 12.4. The zero-order valence-electron chi connectivity index (χ0n) is 15.9. The lowest BCUT2D eigenvalue weighted by Crippen LogP contribution is -2.57. The fraction of sp³-hybridized carbons (Fsp3) is 0.688. The van der Waals surface area contributed by atoms with E-state index in [-0.39, 0.29) is 18.8 Å². The molecule has 4 amide bonds. The zero-order valence-corrected chi connectivity index (χ0v) is 15.9. The van der Waals surface area contributed by atoms with Crippen LogP contribution in [0.4, 0.5) is 0 Å². The van der Waals surface area contributed by atoms with Crippen molar-refractivity contribution >= 4 is 29.6 Å². The third-order valence-electron chi connectivity index (χ3n) is 3.77. The van der Waals surface area contributed by atoms with Crippen molar-refractivity contribution < 1.29 is 29.1 Å². The zero-order chi connectivity index (χ0) is 21.3. The van der Waals surface area contributed by atoms with E-state index in [1.54, 1.807) is 13.8 Å². The normalized spacial score (nSPS) is 15.2. The number of carbonyl (C=O) groups excluding carboxylic acids is 4. The van der Waals surface area contributed by atoms with Crippen molar-refractivity contribution in [2.75, 3.05) is 0 Å². The molecule has 4 atom stereocenters. The van der Waals surface area contributed by atoms with Gasteiger partial charge in [-0.1, -0.05) is 13.8 Å². The number of amides is 4. The second-order valence-electron chi connectivity index (χ2n) is 6.64. The van der Waals surface area contributed by atoms with Crippen LogP contribution in [0.2, 0.25) is 0 Å². The number of hydrogen-bond acceptors (Lipinski definition) is 6. The first-order valence-corrected chi connectivity index (χ1v) is 8.54. The smallest absolute Gasteiger partial charge is 0.325 e. The average Bonchev–Trinajstić information content (AvgIpc) is 2.56. The first kappa shape index (κ1) is 24.3. The number of nitrogens with one attached hydrogen (secondary N) is 3. The highest BCUT2D eigenvalue weighted by Crippen LogP contribution is 2.04. The molecule has 0 radical (unpaired) electrons. The minimum Gasteiger partial charge on any atom is -0.480 e. The number of rotatable bonds is 11. The van der Waals surface area contributed by atoms with Crippen molar-refractivity contribution in [1.82, 2.24) is 16.0 Å². The molecule has 0 aliphatic carbocycles. The Morgan fingerprint density at radius 2 is 1.37 bits per heavy atom. The molecule has 8 N–H and O–H groups in total. The van der Waals surface area contributed by atoms with Gasteiger partial charge in [0.05, 0.1) is 6.04 Å². The molecular weight excluding hydrogens is 358 g/mol. The molecule has 154 valence electrons. The fourth-order valence-corrected chi connectivity index (χ4v) is 1.99. The highest BCUT2D eigenvalue weighted by molar-refractivity contribution is 5.94. The third kappa shape index (κ3) is 8.99. The monoisotopic (exact) mass is 387 g/mol. The van der Waals surface area contributed by atoms with E-state index in [0.29, 0.717) is 0 Å². The van der Waals surface area contributed by atoms with Crippen LogP contribution < -0.4 is 27.4 Å². The van der Waals surface area contributed by atoms with Gasteiger partial charge in [0.2, 0.25) is 23.6 Å². The Bertz CT molecular complexity index is 580. The minimum absolute atomic E-state index is 0.0413. The lowest BCUT2D eigenvalue weighted by atomic mass is 10.0. The summed E-state index contributed by atoms with van der Waals surface area (Å²) in [4.78, 5) is 58.0. The molecule has 0 aliphatic heterocycles. The van der Waals surface area contributed by atoms with Crippen LogP contribution in [0.5, 0.6) is 0 Å². The molecule has 11 nitrogen and oxygen atoms in total. The van der Waals surface area contributed by atoms with Crippen molar-refractivity contribution in [2.45, 2.75) is 64.7 Å². The highest BCUT2D eigenvalue weighted by Gasteiger charge is 2.29. The molecule has 0 aromatic heterocycles. The molecule has 0 spiro atoms. The van der Waals surface area contributed by atoms with Gasteiger partial charge in [0.25, 0.3) is 0 Å². The summed E-state index contributed by atoms with van der Waals surface area (Å²) in [5.74, 6) is -4.04. The van der Waals surface area contributed by atoms with Crippen LogP contribution in [0.3, 0.4) is 0 Å². The third-order valence-corrected chi connectivity index (χ3v) is 3.77. The van der Waals surface area contributed by atoms with Gasteiger partial charge in [-0.25, -0.2) is 0 Å². The Balaban J connectivity index is 4.79. The first-order valence-electron chi connectivity index (χ1n) is 8.54. The summed E-state index contributed by atoms with van der Waals surface area (Å²) in [6.07, 6.45) is -0.0217. The molecular formula is C16H29N5O6. The van der Waals surface area contributed by atoms with E-state index in [4.69, 9.17) is 16.6 Å². The number of nitrogens with two attached hydrogens (primary N) is 2. The SMILES string of the molecule is CC(NC(=O)C(NC(=O)C(C)NC(=O)C(N)CCC(N)=O)C(C)C)C(=O)O. The van der Waals surface area contributed by atoms with E-state index in [9.17, 15) is 24.0 Å². The van der Waals surface area contributed by atoms with Crippen molar-refractivity contribution in [1.29, 1.82) is 0 Å². The average molecular weight is 387 g/mol. The van der Waals surface area contributed by atoms with Crippen molar-refractivity contribution in [3.63, 3.8) is 0 Å². The Labute approximate surface area is 157 Å². The Hall–Kier alpha value is -2.69. The van der Waals surface area contributed by atoms with Crippen LogP contribution in [0.15, 0.2) is 0 Å². The Morgan fingerprint density at radius 3 is 1.81 bits per heavy atom. The number of aliphatic carboxylic acids is 1. The molecule has 0 heterocycles. The molecule has 27 heavy (non-hydrogen) atoms. The van der Waals surface area contributed by atoms with Gasteiger partial charge in [-0.3, -0.25) is 24.0 Å². The number of carboxylic acids is 1. The molecule has 11 heteroatoms. The lowest BCUT2D eigenvalue weighted by molar-refractivity contribution is -0.142. The maximum Gasteiger partial charge on any atom is 0.325 e. The molecule has 0 aromatic carbocycles. The fourth-order valence-electron chi connectivity index (χ4n) is 1.99. The number of carbonyl (C=O) groups is 5. The predicted octanol–water partition coefficient (Wildman–Crippen LogP) is -2.19. The van der Waals surface area contributed by atoms with Gasteiger partial charge in [-0.15, -0.1) is 0 Å². The predicted molar refractivity (Wildman–Crippen MR) is 96.0 cm³/mol. The van der Waals surface area contributed by atoms with Gasteiger partial charge in [0, 0.05) is 6.42 Å². The molecule has 0 rings (SSSR count). The van der Waals surface area contributed by atoms with E-state index >= 15 is 0 Å². The van der Waals surface area contributed by atoms with Crippen LogP contribution in [0.25, 0.3) is 0 Å². The van der Waals surface area contributed by atoms with Crippen molar-refractivity contribution in [3.05, 3.63) is 0 Å². The molecule has 0 aliphatic rings. The van der Waals surface area contributed by atoms with E-state index < -0.39 is 53.8 Å². The maximum atomic E-state index is 12.3. The molecule has 4 unspecified atom stereocenters. The lowest BCUT2D eigenvalue weighted by Gasteiger charge is -2.25. The largest absolute Gasteiger partial charge is 0.480 e. The summed E-state index contributed by atoms with van der Waals surface area (Å²) in [6.45, 7) is 6.07. The molecule has 0 fully saturated rings. The molecule has 0 aromatic rings. The highest BCUT2D eigenvalue weighted by atomic mass is 16.4. The summed E-state index contributed by atoms with van der Waals surface area (Å²) in [7, 11) is 0. The van der Waals surface area contributed by atoms with Crippen LogP contribution in [0.1, 0.15) is 40.5 Å². The summed E-state index contributed by atoms with van der Waals surface area (Å²) >= 11 is 0. The summed E-state index contributed by atoms with van der Waals surface area (Å²) in [5, 5.41) is 16.0. The van der Waals surface area contributed by atoms with Gasteiger partial charge in [-0.2, -0.15) is 0 Å². The Kier molecular flexibility index (Phi) is 10.0. The van der Waals surface area contributed by atoms with Crippen LogP contribution >= 0.6 is 0 Å². The summed E-state index contributed by atoms with van der Waals surface area (Å²) in [6, 6.07) is -4.10. The standard InChI is InChI=1S/C16H29N5O6/c1-7(2)12(15(25)20-9(4)16(26)27)21-13(23)8(3)19-14(24)10(17)5-6-11(18)22/h7-10,12H,5-6,17H2,1-4H3,(H2,18,22)(H,19,24)(H,20,25)(H,21,23)(H,26,27). The van der Waals surface area contributed by atoms with Crippen LogP contribution in [-0.4, -0.2) is 58.9 Å². The van der Waals surface area contributed by atoms with E-state index in [1.165, 1.54) is 13.8 Å². The van der Waals surface area contributed by atoms with Gasteiger partial charge in [0.1, 0.15) is 18.1 Å². The number of hydrogen-bond donors (Lipinski definition) is 6. The van der Waals surface area contributed by atoms with Gasteiger partial charge >= 0.3 is 5.97 Å². The summed E-state index contributed by atoms with van der Waals surface area (Å²) < 4.78 is 0. The number of carboxylic acid groups (broad SMARTS) is 1. The van der Waals surface area contributed by atoms with Crippen LogP contribution in [-0.2, 0) is 24.0 Å². The van der Waals surface area contributed by atoms with E-state index in [2.05, 4.69) is 16.0 Å². The van der Waals surface area contributed by atoms with Crippen molar-refractivity contribution in [3.8, 4) is 0 Å². The second-order valence-corrected chi connectivity index (χ2v) is 6.64. The minimum atomic E-state index is -1.21. The topological polar surface area (TPSA) is 194 Å². The van der Waals surface area contributed by atoms with Gasteiger partial charge < -0.3 is 32.5 Å². The molecule has 0 bridgehead atoms. The number of primary amides is 1. The van der Waals surface area contributed by atoms with E-state index in [0.717, 1.165) is 0 Å².